The average Bonchev–Trinajstić information content (AvgIpc) is 2.83. The molecule has 1 aromatic carbocycles. The molecule has 7 nitrogen and oxygen atoms in total. The Morgan fingerprint density at radius 3 is 2.81 bits per heavy atom. The highest BCUT2D eigenvalue weighted by atomic mass is 19.1. The maximum Gasteiger partial charge on any atom is 0.225 e. The minimum absolute atomic E-state index is 0.202. The summed E-state index contributed by atoms with van der Waals surface area (Å²) in [5.74, 6) is 0.798. The fourth-order valence-corrected chi connectivity index (χ4v) is 4.50. The maximum atomic E-state index is 13.9. The fourth-order valence-electron chi connectivity index (χ4n) is 4.50. The number of nitrogens with zero attached hydrogens (tertiary/aromatic N) is 5. The third-order valence-electron chi connectivity index (χ3n) is 6.24. The summed E-state index contributed by atoms with van der Waals surface area (Å²) in [4.78, 5) is 28.1. The average molecular weight is 442 g/mol. The van der Waals surface area contributed by atoms with Gasteiger partial charge in [-0.1, -0.05) is 12.1 Å². The lowest BCUT2D eigenvalue weighted by atomic mass is 9.90. The van der Waals surface area contributed by atoms with Gasteiger partial charge in [0.05, 0.1) is 18.9 Å². The number of halogens is 1. The molecule has 1 amide bonds. The summed E-state index contributed by atoms with van der Waals surface area (Å²) in [7, 11) is 3.84. The van der Waals surface area contributed by atoms with Crippen molar-refractivity contribution in [1.82, 2.24) is 19.8 Å². The molecule has 2 aliphatic heterocycles. The van der Waals surface area contributed by atoms with E-state index < -0.39 is 0 Å². The standard InChI is InChI=1S/C24H32FN5O2/c1-28(2)24-26-16-21(18-5-3-7-20(25)15-18)23(27-24)19-6-4-9-29(17-19)10-8-22(31)30-11-13-32-14-12-30/h3,5,7,15-16,19H,4,6,8-14,17H2,1-2H3/t19-/m1/s1. The number of piperidine rings is 1. The van der Waals surface area contributed by atoms with Crippen LogP contribution in [0.1, 0.15) is 30.9 Å². The zero-order chi connectivity index (χ0) is 22.5. The number of anilines is 1. The number of ether oxygens (including phenoxy) is 1. The predicted octanol–water partition coefficient (Wildman–Crippen LogP) is 2.78. The largest absolute Gasteiger partial charge is 0.378 e. The Morgan fingerprint density at radius 1 is 1.25 bits per heavy atom. The van der Waals surface area contributed by atoms with Gasteiger partial charge in [-0.25, -0.2) is 14.4 Å². The highest BCUT2D eigenvalue weighted by molar-refractivity contribution is 5.76. The van der Waals surface area contributed by atoms with Crippen LogP contribution >= 0.6 is 0 Å². The Hall–Kier alpha value is -2.58. The Morgan fingerprint density at radius 2 is 2.06 bits per heavy atom. The van der Waals surface area contributed by atoms with Crippen LogP contribution in [-0.4, -0.2) is 85.7 Å². The molecule has 0 unspecified atom stereocenters. The van der Waals surface area contributed by atoms with Crippen LogP contribution in [0.15, 0.2) is 30.5 Å². The quantitative estimate of drug-likeness (QED) is 0.687. The van der Waals surface area contributed by atoms with Crippen LogP contribution in [0.25, 0.3) is 11.1 Å². The molecular weight excluding hydrogens is 409 g/mol. The second-order valence-corrected chi connectivity index (χ2v) is 8.76. The molecule has 0 aliphatic carbocycles. The lowest BCUT2D eigenvalue weighted by Gasteiger charge is -2.34. The monoisotopic (exact) mass is 441 g/mol. The summed E-state index contributed by atoms with van der Waals surface area (Å²) >= 11 is 0. The first-order valence-corrected chi connectivity index (χ1v) is 11.4. The highest BCUT2D eigenvalue weighted by Gasteiger charge is 2.27. The molecule has 1 atom stereocenters. The summed E-state index contributed by atoms with van der Waals surface area (Å²) < 4.78 is 19.3. The third-order valence-corrected chi connectivity index (χ3v) is 6.24. The van der Waals surface area contributed by atoms with Gasteiger partial charge < -0.3 is 19.4 Å². The van der Waals surface area contributed by atoms with Crippen LogP contribution in [-0.2, 0) is 9.53 Å². The summed E-state index contributed by atoms with van der Waals surface area (Å²) in [5.41, 5.74) is 2.63. The minimum Gasteiger partial charge on any atom is -0.378 e. The summed E-state index contributed by atoms with van der Waals surface area (Å²) in [6.45, 7) is 5.19. The number of amides is 1. The number of benzene rings is 1. The number of carbonyl (C=O) groups is 1. The number of hydrogen-bond donors (Lipinski definition) is 0. The molecule has 2 aromatic rings. The lowest BCUT2D eigenvalue weighted by Crippen LogP contribution is -2.43. The molecule has 0 spiro atoms. The van der Waals surface area contributed by atoms with Crippen molar-refractivity contribution in [2.24, 2.45) is 0 Å². The Labute approximate surface area is 189 Å². The van der Waals surface area contributed by atoms with E-state index in [1.807, 2.05) is 36.2 Å². The van der Waals surface area contributed by atoms with Crippen molar-refractivity contribution < 1.29 is 13.9 Å². The van der Waals surface area contributed by atoms with Crippen LogP contribution in [0.2, 0.25) is 0 Å². The molecule has 0 radical (unpaired) electrons. The van der Waals surface area contributed by atoms with Gasteiger partial charge in [0, 0.05) is 64.4 Å². The van der Waals surface area contributed by atoms with Crippen molar-refractivity contribution in [3.63, 3.8) is 0 Å². The van der Waals surface area contributed by atoms with Gasteiger partial charge in [-0.15, -0.1) is 0 Å². The molecule has 0 bridgehead atoms. The molecule has 4 rings (SSSR count). The number of likely N-dealkylation sites (tertiary alicyclic amines) is 1. The van der Waals surface area contributed by atoms with E-state index in [0.717, 1.165) is 49.3 Å². The molecular formula is C24H32FN5O2. The number of rotatable bonds is 6. The van der Waals surface area contributed by atoms with Crippen molar-refractivity contribution in [3.8, 4) is 11.1 Å². The second-order valence-electron chi connectivity index (χ2n) is 8.76. The Balaban J connectivity index is 1.50. The van der Waals surface area contributed by atoms with Crippen molar-refractivity contribution in [3.05, 3.63) is 42.0 Å². The molecule has 3 heterocycles. The molecule has 8 heteroatoms. The maximum absolute atomic E-state index is 13.9. The summed E-state index contributed by atoms with van der Waals surface area (Å²) in [6.07, 6.45) is 4.39. The van der Waals surface area contributed by atoms with Gasteiger partial charge in [-0.05, 0) is 37.1 Å². The van der Waals surface area contributed by atoms with E-state index in [1.165, 1.54) is 6.07 Å². The van der Waals surface area contributed by atoms with Gasteiger partial charge >= 0.3 is 0 Å². The first kappa shape index (κ1) is 22.6. The molecule has 0 saturated carbocycles. The van der Waals surface area contributed by atoms with E-state index in [-0.39, 0.29) is 17.6 Å². The van der Waals surface area contributed by atoms with Crippen LogP contribution < -0.4 is 4.90 Å². The number of morpholine rings is 1. The lowest BCUT2D eigenvalue weighted by molar-refractivity contribution is -0.135. The van der Waals surface area contributed by atoms with E-state index in [1.54, 1.807) is 12.1 Å². The van der Waals surface area contributed by atoms with E-state index >= 15 is 0 Å². The number of aromatic nitrogens is 2. The van der Waals surface area contributed by atoms with Crippen LogP contribution in [0, 0.1) is 5.82 Å². The Bertz CT molecular complexity index is 932. The molecule has 32 heavy (non-hydrogen) atoms. The molecule has 0 N–H and O–H groups in total. The van der Waals surface area contributed by atoms with Crippen LogP contribution in [0.5, 0.6) is 0 Å². The summed E-state index contributed by atoms with van der Waals surface area (Å²) in [6, 6.07) is 6.62. The van der Waals surface area contributed by atoms with Gasteiger partial charge in [-0.3, -0.25) is 4.79 Å². The van der Waals surface area contributed by atoms with Gasteiger partial charge in [-0.2, -0.15) is 0 Å². The van der Waals surface area contributed by atoms with E-state index in [0.29, 0.717) is 38.7 Å². The molecule has 2 fully saturated rings. The first-order valence-electron chi connectivity index (χ1n) is 11.4. The first-order chi connectivity index (χ1) is 15.5. The van der Waals surface area contributed by atoms with Crippen LogP contribution in [0.4, 0.5) is 10.3 Å². The van der Waals surface area contributed by atoms with Crippen molar-refractivity contribution in [1.29, 1.82) is 0 Å². The van der Waals surface area contributed by atoms with Crippen molar-refractivity contribution in [2.75, 3.05) is 64.9 Å². The smallest absolute Gasteiger partial charge is 0.225 e. The number of carbonyl (C=O) groups excluding carboxylic acids is 1. The molecule has 1 aromatic heterocycles. The zero-order valence-corrected chi connectivity index (χ0v) is 19.0. The van der Waals surface area contributed by atoms with Gasteiger partial charge in [0.15, 0.2) is 0 Å². The van der Waals surface area contributed by atoms with E-state index in [9.17, 15) is 9.18 Å². The fraction of sp³-hybridized carbons (Fsp3) is 0.542. The van der Waals surface area contributed by atoms with Crippen molar-refractivity contribution in [2.45, 2.75) is 25.2 Å². The number of hydrogen-bond acceptors (Lipinski definition) is 6. The minimum atomic E-state index is -0.267. The molecule has 2 saturated heterocycles. The third kappa shape index (κ3) is 5.42. The molecule has 172 valence electrons. The van der Waals surface area contributed by atoms with Gasteiger partial charge in [0.25, 0.3) is 0 Å². The van der Waals surface area contributed by atoms with Crippen LogP contribution in [0.3, 0.4) is 0 Å². The second kappa shape index (κ2) is 10.4. The summed E-state index contributed by atoms with van der Waals surface area (Å²) in [5, 5.41) is 0. The topological polar surface area (TPSA) is 61.8 Å². The van der Waals surface area contributed by atoms with Crippen molar-refractivity contribution >= 4 is 11.9 Å². The van der Waals surface area contributed by atoms with Gasteiger partial charge in [0.2, 0.25) is 11.9 Å². The highest BCUT2D eigenvalue weighted by Crippen LogP contribution is 2.34. The Kier molecular flexibility index (Phi) is 7.32. The van der Waals surface area contributed by atoms with Gasteiger partial charge in [0.1, 0.15) is 5.82 Å². The predicted molar refractivity (Wildman–Crippen MR) is 122 cm³/mol. The zero-order valence-electron chi connectivity index (χ0n) is 19.0. The molecule has 2 aliphatic rings. The van der Waals surface area contributed by atoms with E-state index in [2.05, 4.69) is 9.88 Å². The van der Waals surface area contributed by atoms with E-state index in [4.69, 9.17) is 9.72 Å². The SMILES string of the molecule is CN(C)c1ncc(-c2cccc(F)c2)c([C@@H]2CCCN(CCC(=O)N3CCOCC3)C2)n1. The normalized spacial score (nSPS) is 19.7.